The van der Waals surface area contributed by atoms with Crippen molar-refractivity contribution in [1.82, 2.24) is 4.90 Å². The van der Waals surface area contributed by atoms with Crippen LogP contribution in [0, 0.1) is 0 Å². The van der Waals surface area contributed by atoms with Crippen molar-refractivity contribution in [3.05, 3.63) is 23.8 Å². The summed E-state index contributed by atoms with van der Waals surface area (Å²) < 4.78 is 13.0. The van der Waals surface area contributed by atoms with E-state index in [4.69, 9.17) is 5.11 Å². The lowest BCUT2D eigenvalue weighted by molar-refractivity contribution is -0.137. The Morgan fingerprint density at radius 1 is 1.38 bits per heavy atom. The van der Waals surface area contributed by atoms with Gasteiger partial charge in [0.25, 0.3) is 0 Å². The molecule has 1 N–H and O–H groups in total. The molecule has 0 bridgehead atoms. The molecule has 21 heavy (non-hydrogen) atoms. The van der Waals surface area contributed by atoms with Crippen LogP contribution in [-0.2, 0) is 4.79 Å². The van der Waals surface area contributed by atoms with Crippen LogP contribution in [0.3, 0.4) is 0 Å². The molecule has 0 unspecified atom stereocenters. The highest BCUT2D eigenvalue weighted by Crippen LogP contribution is 2.13. The lowest BCUT2D eigenvalue weighted by Gasteiger charge is -2.22. The van der Waals surface area contributed by atoms with Gasteiger partial charge in [-0.2, -0.15) is 0 Å². The van der Waals surface area contributed by atoms with Crippen molar-refractivity contribution in [2.75, 3.05) is 13.1 Å². The zero-order chi connectivity index (χ0) is 16.7. The number of carbonyl (C=O) groups is 1. The van der Waals surface area contributed by atoms with E-state index in [0.717, 1.165) is 19.3 Å². The molecule has 0 radical (unpaired) electrons. The van der Waals surface area contributed by atoms with Crippen LogP contribution in [-0.4, -0.2) is 35.2 Å². The van der Waals surface area contributed by atoms with Gasteiger partial charge in [-0.3, -0.25) is 4.79 Å². The fraction of sp³-hybridized carbons (Fsp3) is 0.688. The first-order valence-corrected chi connectivity index (χ1v) is 8.08. The fourth-order valence-corrected chi connectivity index (χ4v) is 1.97. The van der Waals surface area contributed by atoms with E-state index in [2.05, 4.69) is 19.2 Å². The van der Waals surface area contributed by atoms with E-state index in [9.17, 15) is 9.18 Å². The number of carboxylic acid groups (broad SMARTS) is 1. The Kier molecular flexibility index (Phi) is 16.4. The molecular weight excluding hydrogens is 289 g/mol. The minimum absolute atomic E-state index is 0.0795. The molecule has 0 aliphatic carbocycles. The molecule has 0 aromatic heterocycles. The van der Waals surface area contributed by atoms with Crippen LogP contribution >= 0.6 is 12.6 Å². The average molecular weight is 319 g/mol. The van der Waals surface area contributed by atoms with Gasteiger partial charge < -0.3 is 10.0 Å². The maximum atomic E-state index is 13.0. The molecule has 0 saturated carbocycles. The summed E-state index contributed by atoms with van der Waals surface area (Å²) in [5.74, 6) is -0.890. The van der Waals surface area contributed by atoms with Crippen LogP contribution in [0.5, 0.6) is 0 Å². The first-order valence-electron chi connectivity index (χ1n) is 7.63. The molecule has 0 amide bonds. The Morgan fingerprint density at radius 3 is 2.48 bits per heavy atom. The second-order valence-corrected chi connectivity index (χ2v) is 4.89. The van der Waals surface area contributed by atoms with Crippen molar-refractivity contribution >= 4 is 18.6 Å². The van der Waals surface area contributed by atoms with Gasteiger partial charge in [-0.25, -0.2) is 4.39 Å². The average Bonchev–Trinajstić information content (AvgIpc) is 2.47. The summed E-state index contributed by atoms with van der Waals surface area (Å²) in [4.78, 5) is 12.4. The van der Waals surface area contributed by atoms with Gasteiger partial charge in [0.15, 0.2) is 0 Å². The van der Waals surface area contributed by atoms with E-state index in [0.29, 0.717) is 24.4 Å². The number of aliphatic carboxylic acids is 1. The lowest BCUT2D eigenvalue weighted by Crippen LogP contribution is -2.28. The van der Waals surface area contributed by atoms with Gasteiger partial charge in [-0.05, 0) is 25.3 Å². The van der Waals surface area contributed by atoms with E-state index in [-0.39, 0.29) is 6.54 Å². The Balaban J connectivity index is 0. The van der Waals surface area contributed by atoms with Crippen molar-refractivity contribution < 1.29 is 14.3 Å². The third-order valence-corrected chi connectivity index (χ3v) is 3.24. The first-order chi connectivity index (χ1) is 10.0. The number of allylic oxidation sites excluding steroid dienone is 2. The number of rotatable bonds is 11. The van der Waals surface area contributed by atoms with Gasteiger partial charge in [-0.15, -0.1) is 12.6 Å². The highest BCUT2D eigenvalue weighted by atomic mass is 32.1. The minimum Gasteiger partial charge on any atom is -0.480 e. The smallest absolute Gasteiger partial charge is 0.323 e. The van der Waals surface area contributed by atoms with Crippen molar-refractivity contribution in [2.24, 2.45) is 0 Å². The number of halogens is 1. The SMILES string of the molecule is C=C/C=C(\S)N(CCCCC[C@H](F)CC)CC(=O)O.CC. The van der Waals surface area contributed by atoms with Crippen LogP contribution in [0.25, 0.3) is 0 Å². The molecule has 0 saturated heterocycles. The van der Waals surface area contributed by atoms with Crippen LogP contribution in [0.4, 0.5) is 4.39 Å². The van der Waals surface area contributed by atoms with Gasteiger partial charge in [-0.1, -0.05) is 46.3 Å². The predicted octanol–water partition coefficient (Wildman–Crippen LogP) is 4.66. The Morgan fingerprint density at radius 2 is 2.00 bits per heavy atom. The van der Waals surface area contributed by atoms with E-state index in [1.165, 1.54) is 0 Å². The van der Waals surface area contributed by atoms with Crippen LogP contribution in [0.2, 0.25) is 0 Å². The Labute approximate surface area is 134 Å². The van der Waals surface area contributed by atoms with Gasteiger partial charge in [0, 0.05) is 6.54 Å². The molecule has 5 heteroatoms. The summed E-state index contributed by atoms with van der Waals surface area (Å²) in [6, 6.07) is 0. The quantitative estimate of drug-likeness (QED) is 0.330. The molecule has 0 rings (SSSR count). The normalized spacial score (nSPS) is 12.1. The zero-order valence-electron chi connectivity index (χ0n) is 13.5. The number of hydrogen-bond donors (Lipinski definition) is 2. The number of nitrogens with zero attached hydrogens (tertiary/aromatic N) is 1. The molecule has 3 nitrogen and oxygen atoms in total. The first kappa shape index (κ1) is 22.3. The molecule has 0 aliphatic heterocycles. The molecule has 0 heterocycles. The predicted molar refractivity (Wildman–Crippen MR) is 91.5 cm³/mol. The molecule has 1 atom stereocenters. The van der Waals surface area contributed by atoms with Gasteiger partial charge >= 0.3 is 5.97 Å². The van der Waals surface area contributed by atoms with Crippen LogP contribution < -0.4 is 0 Å². The lowest BCUT2D eigenvalue weighted by atomic mass is 10.1. The molecule has 0 spiro atoms. The number of unbranched alkanes of at least 4 members (excludes halogenated alkanes) is 2. The monoisotopic (exact) mass is 319 g/mol. The van der Waals surface area contributed by atoms with E-state index < -0.39 is 12.1 Å². The zero-order valence-corrected chi connectivity index (χ0v) is 14.4. The van der Waals surface area contributed by atoms with Crippen LogP contribution in [0.1, 0.15) is 52.9 Å². The Hall–Kier alpha value is -0.970. The number of alkyl halides is 1. The highest BCUT2D eigenvalue weighted by Gasteiger charge is 2.10. The second-order valence-electron chi connectivity index (χ2n) is 4.43. The summed E-state index contributed by atoms with van der Waals surface area (Å²) in [5.41, 5.74) is 0. The maximum absolute atomic E-state index is 13.0. The number of hydrogen-bond acceptors (Lipinski definition) is 3. The fourth-order valence-electron chi connectivity index (χ4n) is 1.70. The molecule has 0 fully saturated rings. The molecular formula is C16H30FNO2S. The van der Waals surface area contributed by atoms with Crippen molar-refractivity contribution in [1.29, 1.82) is 0 Å². The van der Waals surface area contributed by atoms with Crippen molar-refractivity contribution in [3.8, 4) is 0 Å². The number of thiol groups is 1. The summed E-state index contributed by atoms with van der Waals surface area (Å²) >= 11 is 4.25. The summed E-state index contributed by atoms with van der Waals surface area (Å²) in [7, 11) is 0. The van der Waals surface area contributed by atoms with E-state index in [1.54, 1.807) is 17.1 Å². The largest absolute Gasteiger partial charge is 0.480 e. The van der Waals surface area contributed by atoms with E-state index in [1.807, 2.05) is 20.8 Å². The molecule has 124 valence electrons. The topological polar surface area (TPSA) is 40.5 Å². The second kappa shape index (κ2) is 15.4. The van der Waals surface area contributed by atoms with Crippen LogP contribution in [0.15, 0.2) is 23.8 Å². The highest BCUT2D eigenvalue weighted by molar-refractivity contribution is 7.84. The van der Waals surface area contributed by atoms with Gasteiger partial charge in [0.2, 0.25) is 0 Å². The molecule has 0 aromatic rings. The third kappa shape index (κ3) is 13.8. The van der Waals surface area contributed by atoms with Gasteiger partial charge in [0.05, 0.1) is 11.2 Å². The van der Waals surface area contributed by atoms with E-state index >= 15 is 0 Å². The van der Waals surface area contributed by atoms with Crippen molar-refractivity contribution in [3.63, 3.8) is 0 Å². The van der Waals surface area contributed by atoms with Crippen molar-refractivity contribution in [2.45, 2.75) is 59.0 Å². The maximum Gasteiger partial charge on any atom is 0.323 e. The van der Waals surface area contributed by atoms with Gasteiger partial charge in [0.1, 0.15) is 6.54 Å². The standard InChI is InChI=1S/C14H24FNO2S.C2H6/c1-3-8-13(19)16(11-14(17)18)10-7-5-6-9-12(15)4-2;1-2/h3,8,12,19H,1,4-7,9-11H2,2H3,(H,17,18);1-2H3/b13-8-;/t12-;/m1./s1. The summed E-state index contributed by atoms with van der Waals surface area (Å²) in [6.07, 6.45) is 6.25. The minimum atomic E-state index is -0.890. The Bertz CT molecular complexity index is 309. The molecule has 0 aliphatic rings. The third-order valence-electron chi connectivity index (χ3n) is 2.81. The summed E-state index contributed by atoms with van der Waals surface area (Å²) in [6.45, 7) is 9.93. The summed E-state index contributed by atoms with van der Waals surface area (Å²) in [5, 5.41) is 9.42. The number of carboxylic acids is 1. The molecule has 0 aromatic carbocycles.